The number of rotatable bonds is 1. The molecule has 16 heavy (non-hydrogen) atoms. The van der Waals surface area contributed by atoms with E-state index in [4.69, 9.17) is 5.73 Å². The molecule has 0 fully saturated rings. The Balaban J connectivity index is 2.39. The highest BCUT2D eigenvalue weighted by Crippen LogP contribution is 2.31. The molecular formula is C11H11N5. The topological polar surface area (TPSA) is 83.4 Å². The van der Waals surface area contributed by atoms with Gasteiger partial charge in [0.05, 0.1) is 11.7 Å². The molecule has 1 aromatic carbocycles. The number of aromatic amines is 2. The zero-order valence-corrected chi connectivity index (χ0v) is 8.78. The number of nitrogens with one attached hydrogen (secondary N) is 2. The van der Waals surface area contributed by atoms with Gasteiger partial charge in [0.15, 0.2) is 0 Å². The smallest absolute Gasteiger partial charge is 0.126 e. The van der Waals surface area contributed by atoms with Gasteiger partial charge < -0.3 is 5.73 Å². The lowest BCUT2D eigenvalue weighted by Gasteiger charge is -2.01. The van der Waals surface area contributed by atoms with Crippen molar-refractivity contribution in [2.24, 2.45) is 0 Å². The van der Waals surface area contributed by atoms with Gasteiger partial charge >= 0.3 is 0 Å². The lowest BCUT2D eigenvalue weighted by molar-refractivity contribution is 1.07. The van der Waals surface area contributed by atoms with E-state index in [1.807, 2.05) is 25.1 Å². The SMILES string of the molecule is Cc1[nH]nc2cccc(-c3cn[nH]c3N)c12. The predicted octanol–water partition coefficient (Wildman–Crippen LogP) is 1.84. The highest BCUT2D eigenvalue weighted by molar-refractivity contribution is 5.98. The van der Waals surface area contributed by atoms with Gasteiger partial charge in [-0.3, -0.25) is 10.2 Å². The van der Waals surface area contributed by atoms with Crippen LogP contribution in [-0.2, 0) is 0 Å². The molecule has 0 aliphatic carbocycles. The van der Waals surface area contributed by atoms with Gasteiger partial charge in [-0.15, -0.1) is 0 Å². The third-order valence-electron chi connectivity index (χ3n) is 2.72. The van der Waals surface area contributed by atoms with E-state index in [1.165, 1.54) is 0 Å². The zero-order valence-electron chi connectivity index (χ0n) is 8.78. The summed E-state index contributed by atoms with van der Waals surface area (Å²) in [6.45, 7) is 2.00. The van der Waals surface area contributed by atoms with Gasteiger partial charge in [-0.25, -0.2) is 0 Å². The molecule has 3 aromatic rings. The van der Waals surface area contributed by atoms with Gasteiger partial charge in [-0.2, -0.15) is 10.2 Å². The molecule has 3 rings (SSSR count). The molecule has 0 saturated carbocycles. The van der Waals surface area contributed by atoms with Crippen LogP contribution in [0.15, 0.2) is 24.4 Å². The van der Waals surface area contributed by atoms with E-state index in [2.05, 4.69) is 20.4 Å². The zero-order chi connectivity index (χ0) is 11.1. The van der Waals surface area contributed by atoms with Crippen molar-refractivity contribution in [3.05, 3.63) is 30.1 Å². The molecule has 5 nitrogen and oxygen atoms in total. The maximum absolute atomic E-state index is 5.83. The number of nitrogen functional groups attached to an aromatic ring is 1. The standard InChI is InChI=1S/C11H11N5/c1-6-10-7(8-5-13-16-11(8)12)3-2-4-9(10)15-14-6/h2-5H,1H3,(H,14,15)(H3,12,13,16). The molecule has 0 bridgehead atoms. The number of hydrogen-bond acceptors (Lipinski definition) is 3. The third-order valence-corrected chi connectivity index (χ3v) is 2.72. The molecule has 0 aliphatic rings. The molecule has 4 N–H and O–H groups in total. The maximum atomic E-state index is 5.83. The summed E-state index contributed by atoms with van der Waals surface area (Å²) in [4.78, 5) is 0. The lowest BCUT2D eigenvalue weighted by Crippen LogP contribution is -1.88. The number of nitrogens with two attached hydrogens (primary N) is 1. The second-order valence-corrected chi connectivity index (χ2v) is 3.75. The monoisotopic (exact) mass is 213 g/mol. The van der Waals surface area contributed by atoms with Crippen LogP contribution in [0, 0.1) is 6.92 Å². The highest BCUT2D eigenvalue weighted by Gasteiger charge is 2.11. The summed E-state index contributed by atoms with van der Waals surface area (Å²) in [5.41, 5.74) is 9.77. The highest BCUT2D eigenvalue weighted by atomic mass is 15.1. The second kappa shape index (κ2) is 3.10. The molecule has 0 radical (unpaired) electrons. The van der Waals surface area contributed by atoms with Crippen LogP contribution in [0.2, 0.25) is 0 Å². The molecule has 2 aromatic heterocycles. The van der Waals surface area contributed by atoms with Crippen LogP contribution in [0.5, 0.6) is 0 Å². The fourth-order valence-corrected chi connectivity index (χ4v) is 1.96. The minimum absolute atomic E-state index is 0.577. The number of aryl methyl sites for hydroxylation is 1. The maximum Gasteiger partial charge on any atom is 0.126 e. The fourth-order valence-electron chi connectivity index (χ4n) is 1.96. The number of fused-ring (bicyclic) bond motifs is 1. The van der Waals surface area contributed by atoms with Crippen LogP contribution in [0.1, 0.15) is 5.69 Å². The number of hydrogen-bond donors (Lipinski definition) is 3. The first-order valence-electron chi connectivity index (χ1n) is 5.00. The molecule has 2 heterocycles. The number of anilines is 1. The van der Waals surface area contributed by atoms with Crippen LogP contribution in [0.4, 0.5) is 5.82 Å². The average Bonchev–Trinajstić information content (AvgIpc) is 2.86. The summed E-state index contributed by atoms with van der Waals surface area (Å²) in [5.74, 6) is 0.577. The molecule has 0 atom stereocenters. The lowest BCUT2D eigenvalue weighted by atomic mass is 10.0. The molecule has 0 aliphatic heterocycles. The number of H-pyrrole nitrogens is 2. The van der Waals surface area contributed by atoms with Crippen molar-refractivity contribution in [2.45, 2.75) is 6.92 Å². The van der Waals surface area contributed by atoms with Crippen LogP contribution >= 0.6 is 0 Å². The molecule has 80 valence electrons. The van der Waals surface area contributed by atoms with Crippen LogP contribution in [0.3, 0.4) is 0 Å². The first-order chi connectivity index (χ1) is 7.77. The Kier molecular flexibility index (Phi) is 1.73. The normalized spacial score (nSPS) is 11.1. The number of nitrogens with zero attached hydrogens (tertiary/aromatic N) is 2. The van der Waals surface area contributed by atoms with Crippen molar-refractivity contribution in [1.82, 2.24) is 20.4 Å². The first-order valence-corrected chi connectivity index (χ1v) is 5.00. The van der Waals surface area contributed by atoms with Crippen molar-refractivity contribution in [3.8, 4) is 11.1 Å². The first kappa shape index (κ1) is 8.96. The Bertz CT molecular complexity index is 649. The van der Waals surface area contributed by atoms with E-state index in [0.717, 1.165) is 27.7 Å². The second-order valence-electron chi connectivity index (χ2n) is 3.75. The van der Waals surface area contributed by atoms with Gasteiger partial charge in [0.1, 0.15) is 5.82 Å². The van der Waals surface area contributed by atoms with E-state index < -0.39 is 0 Å². The summed E-state index contributed by atoms with van der Waals surface area (Å²) >= 11 is 0. The molecule has 0 amide bonds. The minimum Gasteiger partial charge on any atom is -0.384 e. The van der Waals surface area contributed by atoms with E-state index in [9.17, 15) is 0 Å². The van der Waals surface area contributed by atoms with E-state index in [-0.39, 0.29) is 0 Å². The Morgan fingerprint density at radius 2 is 2.06 bits per heavy atom. The summed E-state index contributed by atoms with van der Waals surface area (Å²) in [6.07, 6.45) is 1.73. The molecule has 5 heteroatoms. The van der Waals surface area contributed by atoms with E-state index in [0.29, 0.717) is 5.82 Å². The quantitative estimate of drug-likeness (QED) is 0.576. The Morgan fingerprint density at radius 1 is 1.19 bits per heavy atom. The van der Waals surface area contributed by atoms with Crippen molar-refractivity contribution >= 4 is 16.7 Å². The Hall–Kier alpha value is -2.30. The predicted molar refractivity (Wildman–Crippen MR) is 62.8 cm³/mol. The van der Waals surface area contributed by atoms with E-state index >= 15 is 0 Å². The third kappa shape index (κ3) is 1.11. The Morgan fingerprint density at radius 3 is 2.81 bits per heavy atom. The van der Waals surface area contributed by atoms with Gasteiger partial charge in [-0.1, -0.05) is 12.1 Å². The van der Waals surface area contributed by atoms with Gasteiger partial charge in [0.25, 0.3) is 0 Å². The average molecular weight is 213 g/mol. The van der Waals surface area contributed by atoms with Gasteiger partial charge in [0.2, 0.25) is 0 Å². The summed E-state index contributed by atoms with van der Waals surface area (Å²) in [6, 6.07) is 5.95. The van der Waals surface area contributed by atoms with Crippen LogP contribution in [-0.4, -0.2) is 20.4 Å². The van der Waals surface area contributed by atoms with Gasteiger partial charge in [0, 0.05) is 16.6 Å². The van der Waals surface area contributed by atoms with Crippen molar-refractivity contribution in [3.63, 3.8) is 0 Å². The number of benzene rings is 1. The molecule has 0 spiro atoms. The van der Waals surface area contributed by atoms with Crippen LogP contribution < -0.4 is 5.73 Å². The summed E-state index contributed by atoms with van der Waals surface area (Å²) in [7, 11) is 0. The fraction of sp³-hybridized carbons (Fsp3) is 0.0909. The summed E-state index contributed by atoms with van der Waals surface area (Å²) < 4.78 is 0. The Labute approximate surface area is 91.7 Å². The molecule has 0 saturated heterocycles. The van der Waals surface area contributed by atoms with Crippen LogP contribution in [0.25, 0.3) is 22.0 Å². The van der Waals surface area contributed by atoms with Crippen molar-refractivity contribution < 1.29 is 0 Å². The minimum atomic E-state index is 0.577. The van der Waals surface area contributed by atoms with Crippen molar-refractivity contribution in [1.29, 1.82) is 0 Å². The molecular weight excluding hydrogens is 202 g/mol. The summed E-state index contributed by atoms with van der Waals surface area (Å²) in [5, 5.41) is 15.0. The van der Waals surface area contributed by atoms with Crippen molar-refractivity contribution in [2.75, 3.05) is 5.73 Å². The number of aromatic nitrogens is 4. The van der Waals surface area contributed by atoms with E-state index in [1.54, 1.807) is 6.20 Å². The molecule has 0 unspecified atom stereocenters. The van der Waals surface area contributed by atoms with Gasteiger partial charge in [-0.05, 0) is 18.6 Å². The largest absolute Gasteiger partial charge is 0.384 e.